The number of hydrogen-bond donors (Lipinski definition) is 0. The van der Waals surface area contributed by atoms with Crippen LogP contribution in [0.15, 0.2) is 53.4 Å². The SMILES string of the molecule is O=S(=O)(c1cccc(C(F)(F)F)c1)N1CCCC1c1nc2ccccc2s1. The topological polar surface area (TPSA) is 50.3 Å². The van der Waals surface area contributed by atoms with E-state index in [1.165, 1.54) is 21.7 Å². The number of benzene rings is 2. The number of fused-ring (bicyclic) bond motifs is 1. The number of para-hydroxylation sites is 1. The summed E-state index contributed by atoms with van der Waals surface area (Å²) in [6.45, 7) is 0.263. The van der Waals surface area contributed by atoms with Crippen molar-refractivity contribution >= 4 is 31.6 Å². The second-order valence-corrected chi connectivity index (χ2v) is 9.27. The monoisotopic (exact) mass is 412 g/mol. The Morgan fingerprint density at radius 2 is 1.89 bits per heavy atom. The number of nitrogens with zero attached hydrogens (tertiary/aromatic N) is 2. The van der Waals surface area contributed by atoms with Crippen molar-refractivity contribution in [2.75, 3.05) is 6.54 Å². The normalized spacial score (nSPS) is 19.0. The Kier molecular flexibility index (Phi) is 4.48. The van der Waals surface area contributed by atoms with Crippen LogP contribution >= 0.6 is 11.3 Å². The molecule has 0 radical (unpaired) electrons. The molecule has 2 heterocycles. The molecule has 4 rings (SSSR count). The fraction of sp³-hybridized carbons (Fsp3) is 0.278. The molecule has 3 aromatic rings. The van der Waals surface area contributed by atoms with Gasteiger partial charge in [0.15, 0.2) is 0 Å². The fourth-order valence-electron chi connectivity index (χ4n) is 3.28. The van der Waals surface area contributed by atoms with Crippen LogP contribution in [0.2, 0.25) is 0 Å². The zero-order valence-corrected chi connectivity index (χ0v) is 15.6. The third-order valence-electron chi connectivity index (χ3n) is 4.57. The summed E-state index contributed by atoms with van der Waals surface area (Å²) in [7, 11) is -4.06. The van der Waals surface area contributed by atoms with Gasteiger partial charge in [-0.05, 0) is 43.2 Å². The highest BCUT2D eigenvalue weighted by atomic mass is 32.2. The minimum absolute atomic E-state index is 0.263. The maximum atomic E-state index is 13.0. The third kappa shape index (κ3) is 3.35. The van der Waals surface area contributed by atoms with Gasteiger partial charge in [-0.1, -0.05) is 18.2 Å². The van der Waals surface area contributed by atoms with Crippen molar-refractivity contribution in [2.45, 2.75) is 30.0 Å². The van der Waals surface area contributed by atoms with E-state index in [1.54, 1.807) is 0 Å². The highest BCUT2D eigenvalue weighted by molar-refractivity contribution is 7.89. The lowest BCUT2D eigenvalue weighted by Crippen LogP contribution is -2.30. The van der Waals surface area contributed by atoms with Crippen LogP contribution in [0.3, 0.4) is 0 Å². The molecule has 27 heavy (non-hydrogen) atoms. The average molecular weight is 412 g/mol. The summed E-state index contributed by atoms with van der Waals surface area (Å²) in [5, 5.41) is 0.671. The predicted molar refractivity (Wildman–Crippen MR) is 96.9 cm³/mol. The van der Waals surface area contributed by atoms with Gasteiger partial charge >= 0.3 is 6.18 Å². The van der Waals surface area contributed by atoms with E-state index in [1.807, 2.05) is 24.3 Å². The first-order chi connectivity index (χ1) is 12.8. The molecule has 0 N–H and O–H groups in total. The molecule has 9 heteroatoms. The zero-order chi connectivity index (χ0) is 19.2. The van der Waals surface area contributed by atoms with Crippen LogP contribution in [0, 0.1) is 0 Å². The highest BCUT2D eigenvalue weighted by Crippen LogP contribution is 2.40. The van der Waals surface area contributed by atoms with E-state index in [0.717, 1.165) is 22.3 Å². The summed E-state index contributed by atoms with van der Waals surface area (Å²) in [5.41, 5.74) is -0.180. The van der Waals surface area contributed by atoms with Gasteiger partial charge in [0.05, 0.1) is 26.7 Å². The van der Waals surface area contributed by atoms with Crippen molar-refractivity contribution in [2.24, 2.45) is 0 Å². The van der Waals surface area contributed by atoms with Gasteiger partial charge in [0, 0.05) is 6.54 Å². The van der Waals surface area contributed by atoms with Gasteiger partial charge in [-0.25, -0.2) is 13.4 Å². The molecule has 142 valence electrons. The van der Waals surface area contributed by atoms with Crippen LogP contribution in [-0.2, 0) is 16.2 Å². The molecular weight excluding hydrogens is 397 g/mol. The number of hydrogen-bond acceptors (Lipinski definition) is 4. The first-order valence-corrected chi connectivity index (χ1v) is 10.6. The molecule has 0 amide bonds. The van der Waals surface area contributed by atoms with Crippen molar-refractivity contribution in [3.63, 3.8) is 0 Å². The van der Waals surface area contributed by atoms with E-state index in [2.05, 4.69) is 4.98 Å². The number of halogens is 3. The van der Waals surface area contributed by atoms with E-state index < -0.39 is 27.8 Å². The molecule has 1 aliphatic rings. The molecule has 0 aliphatic carbocycles. The van der Waals surface area contributed by atoms with Gasteiger partial charge in [0.25, 0.3) is 0 Å². The van der Waals surface area contributed by atoms with Gasteiger partial charge in [0.2, 0.25) is 10.0 Å². The number of rotatable bonds is 3. The molecule has 1 atom stereocenters. The molecule has 1 fully saturated rings. The van der Waals surface area contributed by atoms with Crippen LogP contribution in [0.1, 0.15) is 29.5 Å². The minimum atomic E-state index is -4.59. The van der Waals surface area contributed by atoms with Crippen molar-refractivity contribution in [3.8, 4) is 0 Å². The summed E-state index contributed by atoms with van der Waals surface area (Å²) in [4.78, 5) is 4.20. The van der Waals surface area contributed by atoms with Crippen LogP contribution in [0.4, 0.5) is 13.2 Å². The lowest BCUT2D eigenvalue weighted by atomic mass is 10.2. The summed E-state index contributed by atoms with van der Waals surface area (Å²) < 4.78 is 67.3. The number of thiazole rings is 1. The molecule has 1 unspecified atom stereocenters. The standard InChI is InChI=1S/C18H15F3N2O2S2/c19-18(20,21)12-5-3-6-13(11-12)27(24,25)23-10-4-8-15(23)17-22-14-7-1-2-9-16(14)26-17/h1-3,5-7,9,11,15H,4,8,10H2. The largest absolute Gasteiger partial charge is 0.416 e. The number of alkyl halides is 3. The van der Waals surface area contributed by atoms with Gasteiger partial charge in [-0.3, -0.25) is 0 Å². The van der Waals surface area contributed by atoms with Crippen LogP contribution < -0.4 is 0 Å². The van der Waals surface area contributed by atoms with Crippen molar-refractivity contribution < 1.29 is 21.6 Å². The Labute approximate surface area is 158 Å². The zero-order valence-electron chi connectivity index (χ0n) is 14.0. The van der Waals surface area contributed by atoms with E-state index in [-0.39, 0.29) is 11.4 Å². The van der Waals surface area contributed by atoms with E-state index >= 15 is 0 Å². The maximum Gasteiger partial charge on any atom is 0.416 e. The van der Waals surface area contributed by atoms with Crippen molar-refractivity contribution in [1.82, 2.24) is 9.29 Å². The third-order valence-corrected chi connectivity index (χ3v) is 7.61. The van der Waals surface area contributed by atoms with Crippen LogP contribution in [0.5, 0.6) is 0 Å². The molecular formula is C18H15F3N2O2S2. The molecule has 1 saturated heterocycles. The second kappa shape index (κ2) is 6.57. The lowest BCUT2D eigenvalue weighted by molar-refractivity contribution is -0.137. The number of sulfonamides is 1. The Hall–Kier alpha value is -1.97. The molecule has 1 aromatic heterocycles. The smallest absolute Gasteiger partial charge is 0.239 e. The Morgan fingerprint density at radius 1 is 1.11 bits per heavy atom. The lowest BCUT2D eigenvalue weighted by Gasteiger charge is -2.23. The first kappa shape index (κ1) is 18.4. The van der Waals surface area contributed by atoms with E-state index in [4.69, 9.17) is 0 Å². The first-order valence-electron chi connectivity index (χ1n) is 8.31. The molecule has 0 saturated carbocycles. The van der Waals surface area contributed by atoms with Crippen molar-refractivity contribution in [3.05, 3.63) is 59.1 Å². The van der Waals surface area contributed by atoms with Crippen LogP contribution in [0.25, 0.3) is 10.2 Å². The Bertz CT molecular complexity index is 1060. The van der Waals surface area contributed by atoms with Gasteiger partial charge in [-0.15, -0.1) is 11.3 Å². The fourth-order valence-corrected chi connectivity index (χ4v) is 6.16. The second-order valence-electron chi connectivity index (χ2n) is 6.32. The Morgan fingerprint density at radius 3 is 2.63 bits per heavy atom. The maximum absolute atomic E-state index is 13.0. The summed E-state index contributed by atoms with van der Waals surface area (Å²) in [5.74, 6) is 0. The van der Waals surface area contributed by atoms with Crippen molar-refractivity contribution in [1.29, 1.82) is 0 Å². The predicted octanol–water partition coefficient (Wildman–Crippen LogP) is 4.84. The van der Waals surface area contributed by atoms with E-state index in [0.29, 0.717) is 23.9 Å². The quantitative estimate of drug-likeness (QED) is 0.619. The Balaban J connectivity index is 1.72. The highest BCUT2D eigenvalue weighted by Gasteiger charge is 2.39. The molecule has 1 aliphatic heterocycles. The minimum Gasteiger partial charge on any atom is -0.239 e. The van der Waals surface area contributed by atoms with Gasteiger partial charge < -0.3 is 0 Å². The van der Waals surface area contributed by atoms with Crippen LogP contribution in [-0.4, -0.2) is 24.3 Å². The molecule has 0 bridgehead atoms. The molecule has 2 aromatic carbocycles. The summed E-state index contributed by atoms with van der Waals surface area (Å²) in [6.07, 6.45) is -3.36. The summed E-state index contributed by atoms with van der Waals surface area (Å²) in [6, 6.07) is 11.0. The van der Waals surface area contributed by atoms with Gasteiger partial charge in [0.1, 0.15) is 5.01 Å². The van der Waals surface area contributed by atoms with E-state index in [9.17, 15) is 21.6 Å². The number of aromatic nitrogens is 1. The van der Waals surface area contributed by atoms with Gasteiger partial charge in [-0.2, -0.15) is 17.5 Å². The molecule has 4 nitrogen and oxygen atoms in total. The molecule has 0 spiro atoms. The summed E-state index contributed by atoms with van der Waals surface area (Å²) >= 11 is 1.42. The average Bonchev–Trinajstić information content (AvgIpc) is 3.28.